The second kappa shape index (κ2) is 4.59. The number of hydrogen-bond acceptors (Lipinski definition) is 5. The lowest BCUT2D eigenvalue weighted by Crippen LogP contribution is -2.41. The van der Waals surface area contributed by atoms with E-state index in [4.69, 9.17) is 25.5 Å². The van der Waals surface area contributed by atoms with Crippen LogP contribution < -0.4 is 0 Å². The molecule has 0 amide bonds. The van der Waals surface area contributed by atoms with E-state index in [9.17, 15) is 0 Å². The van der Waals surface area contributed by atoms with Gasteiger partial charge in [0, 0.05) is 0 Å². The van der Waals surface area contributed by atoms with Crippen molar-refractivity contribution >= 4 is 0 Å². The average Bonchev–Trinajstić information content (AvgIpc) is 2.00. The molecule has 5 heteroatoms. The summed E-state index contributed by atoms with van der Waals surface area (Å²) in [6.07, 6.45) is -4.29. The van der Waals surface area contributed by atoms with Crippen molar-refractivity contribution in [3.8, 4) is 0 Å². The fourth-order valence-electron chi connectivity index (χ4n) is 0.472. The molecule has 0 aliphatic rings. The minimum atomic E-state index is -1.49. The molecule has 0 aliphatic carbocycles. The van der Waals surface area contributed by atoms with E-state index in [-0.39, 0.29) is 0 Å². The van der Waals surface area contributed by atoms with Crippen LogP contribution in [-0.2, 0) is 0 Å². The highest BCUT2D eigenvalue weighted by Crippen LogP contribution is 1.97. The highest BCUT2D eigenvalue weighted by molar-refractivity contribution is 4.73. The molecule has 0 aromatic heterocycles. The lowest BCUT2D eigenvalue weighted by atomic mass is 10.3. The van der Waals surface area contributed by atoms with Gasteiger partial charge in [-0.2, -0.15) is 0 Å². The van der Waals surface area contributed by atoms with Crippen LogP contribution in [0.2, 0.25) is 0 Å². The summed E-state index contributed by atoms with van der Waals surface area (Å²) in [6.45, 7) is -1.28. The third kappa shape index (κ3) is 2.59. The maximum Gasteiger partial charge on any atom is 0.110 e. The molecule has 10 heavy (non-hydrogen) atoms. The number of rotatable bonds is 4. The Hall–Kier alpha value is -0.200. The fraction of sp³-hybridized carbons (Fsp3) is 1.00. The normalized spacial score (nSPS) is 20.1. The molecule has 5 nitrogen and oxygen atoms in total. The molecule has 0 unspecified atom stereocenters. The Kier molecular flexibility index (Phi) is 4.50. The summed E-state index contributed by atoms with van der Waals surface area (Å²) in [7, 11) is 0. The van der Waals surface area contributed by atoms with Crippen molar-refractivity contribution < 1.29 is 25.5 Å². The molecular weight excluding hydrogens is 141 g/mol. The molecule has 3 atom stereocenters. The molecule has 0 aromatic rings. The van der Waals surface area contributed by atoms with E-state index >= 15 is 0 Å². The Morgan fingerprint density at radius 2 is 1.10 bits per heavy atom. The molecule has 0 fully saturated rings. The summed E-state index contributed by atoms with van der Waals surface area (Å²) in [5, 5.41) is 42.6. The lowest BCUT2D eigenvalue weighted by molar-refractivity contribution is -0.0900. The van der Waals surface area contributed by atoms with Crippen molar-refractivity contribution in [2.75, 3.05) is 13.2 Å². The van der Waals surface area contributed by atoms with Crippen LogP contribution in [0.25, 0.3) is 0 Å². The van der Waals surface area contributed by atoms with Crippen LogP contribution in [0.3, 0.4) is 0 Å². The van der Waals surface area contributed by atoms with Crippen molar-refractivity contribution in [1.29, 1.82) is 0 Å². The first-order valence-electron chi connectivity index (χ1n) is 2.89. The van der Waals surface area contributed by atoms with Gasteiger partial charge in [-0.05, 0) is 0 Å². The summed E-state index contributed by atoms with van der Waals surface area (Å²) in [5.41, 5.74) is 0. The maximum absolute atomic E-state index is 8.77. The molecule has 0 saturated carbocycles. The summed E-state index contributed by atoms with van der Waals surface area (Å²) >= 11 is 0. The van der Waals surface area contributed by atoms with Gasteiger partial charge in [-0.15, -0.1) is 0 Å². The molecule has 0 rings (SSSR count). The summed E-state index contributed by atoms with van der Waals surface area (Å²) in [6, 6.07) is 0. The molecule has 62 valence electrons. The SMILES string of the molecule is OC[C@@H](O)[C@@H](O)[13C@H](O)CO. The first-order chi connectivity index (χ1) is 4.63. The van der Waals surface area contributed by atoms with E-state index in [1.807, 2.05) is 0 Å². The molecule has 0 saturated heterocycles. The van der Waals surface area contributed by atoms with Gasteiger partial charge in [-0.25, -0.2) is 0 Å². The van der Waals surface area contributed by atoms with E-state index < -0.39 is 31.5 Å². The number of hydrogen-bond donors (Lipinski definition) is 5. The van der Waals surface area contributed by atoms with Crippen LogP contribution >= 0.6 is 0 Å². The largest absolute Gasteiger partial charge is 0.394 e. The van der Waals surface area contributed by atoms with Gasteiger partial charge in [0.1, 0.15) is 18.3 Å². The van der Waals surface area contributed by atoms with Gasteiger partial charge < -0.3 is 25.5 Å². The monoisotopic (exact) mass is 153 g/mol. The van der Waals surface area contributed by atoms with Crippen LogP contribution in [-0.4, -0.2) is 57.1 Å². The zero-order chi connectivity index (χ0) is 8.15. The van der Waals surface area contributed by atoms with Crippen molar-refractivity contribution in [1.82, 2.24) is 0 Å². The van der Waals surface area contributed by atoms with E-state index in [1.165, 1.54) is 0 Å². The van der Waals surface area contributed by atoms with Crippen molar-refractivity contribution in [3.63, 3.8) is 0 Å². The molecule has 0 aromatic carbocycles. The molecular formula is C5H12O5. The third-order valence-electron chi connectivity index (χ3n) is 1.16. The standard InChI is InChI=1S/C5H12O5/c6-1-3(8)5(10)4(9)2-7/h3-10H,1-2H2/t3-,4-/m1/s1/i3+1/t3-,4-,5+. The lowest BCUT2D eigenvalue weighted by Gasteiger charge is -2.19. The molecule has 0 heterocycles. The van der Waals surface area contributed by atoms with Gasteiger partial charge in [0.05, 0.1) is 13.2 Å². The van der Waals surface area contributed by atoms with Gasteiger partial charge in [-0.1, -0.05) is 0 Å². The molecule has 5 N–H and O–H groups in total. The highest BCUT2D eigenvalue weighted by Gasteiger charge is 2.22. The maximum atomic E-state index is 8.77. The van der Waals surface area contributed by atoms with Crippen LogP contribution in [0, 0.1) is 0 Å². The van der Waals surface area contributed by atoms with E-state index in [0.29, 0.717) is 0 Å². The van der Waals surface area contributed by atoms with Crippen LogP contribution in [0.4, 0.5) is 0 Å². The van der Waals surface area contributed by atoms with Crippen LogP contribution in [0.15, 0.2) is 0 Å². The van der Waals surface area contributed by atoms with Gasteiger partial charge >= 0.3 is 0 Å². The first kappa shape index (κ1) is 9.80. The van der Waals surface area contributed by atoms with Gasteiger partial charge in [-0.3, -0.25) is 0 Å². The molecule has 0 aliphatic heterocycles. The Morgan fingerprint density at radius 3 is 1.30 bits per heavy atom. The second-order valence-corrected chi connectivity index (χ2v) is 1.99. The number of aliphatic hydroxyl groups excluding tert-OH is 5. The predicted octanol–water partition coefficient (Wildman–Crippen LogP) is -2.95. The smallest absolute Gasteiger partial charge is 0.110 e. The first-order valence-corrected chi connectivity index (χ1v) is 2.89. The Balaban J connectivity index is 3.69. The molecule has 0 bridgehead atoms. The third-order valence-corrected chi connectivity index (χ3v) is 1.16. The van der Waals surface area contributed by atoms with Crippen LogP contribution in [0.5, 0.6) is 0 Å². The Morgan fingerprint density at radius 1 is 0.800 bits per heavy atom. The molecule has 0 spiro atoms. The fourth-order valence-corrected chi connectivity index (χ4v) is 0.472. The summed E-state index contributed by atoms with van der Waals surface area (Å²) in [5.74, 6) is 0. The number of aliphatic hydroxyl groups is 5. The zero-order valence-electron chi connectivity index (χ0n) is 5.38. The van der Waals surface area contributed by atoms with Gasteiger partial charge in [0.15, 0.2) is 0 Å². The van der Waals surface area contributed by atoms with Crippen LogP contribution in [0.1, 0.15) is 0 Å². The summed E-state index contributed by atoms with van der Waals surface area (Å²) < 4.78 is 0. The second-order valence-electron chi connectivity index (χ2n) is 1.99. The van der Waals surface area contributed by atoms with Gasteiger partial charge in [0.2, 0.25) is 0 Å². The Bertz CT molecular complexity index is 76.1. The van der Waals surface area contributed by atoms with Crippen molar-refractivity contribution in [3.05, 3.63) is 0 Å². The quantitative estimate of drug-likeness (QED) is 0.278. The zero-order valence-corrected chi connectivity index (χ0v) is 5.38. The van der Waals surface area contributed by atoms with Gasteiger partial charge in [0.25, 0.3) is 0 Å². The summed E-state index contributed by atoms with van der Waals surface area (Å²) in [4.78, 5) is 0. The van der Waals surface area contributed by atoms with Crippen molar-refractivity contribution in [2.24, 2.45) is 0 Å². The Labute approximate surface area is 58.2 Å². The minimum absolute atomic E-state index is 0.641. The van der Waals surface area contributed by atoms with Crippen molar-refractivity contribution in [2.45, 2.75) is 18.3 Å². The van der Waals surface area contributed by atoms with E-state index in [0.717, 1.165) is 0 Å². The average molecular weight is 153 g/mol. The predicted molar refractivity (Wildman–Crippen MR) is 32.2 cm³/mol. The topological polar surface area (TPSA) is 101 Å². The van der Waals surface area contributed by atoms with E-state index in [2.05, 4.69) is 0 Å². The minimum Gasteiger partial charge on any atom is -0.394 e. The van der Waals surface area contributed by atoms with E-state index in [1.54, 1.807) is 0 Å². The molecule has 0 radical (unpaired) electrons. The highest BCUT2D eigenvalue weighted by atomic mass is 16.4.